The highest BCUT2D eigenvalue weighted by molar-refractivity contribution is 5.97. The molecule has 0 aromatic heterocycles. The van der Waals surface area contributed by atoms with Crippen LogP contribution in [0.5, 0.6) is 0 Å². The Morgan fingerprint density at radius 3 is 2.44 bits per heavy atom. The average molecular weight is 463 g/mol. The van der Waals surface area contributed by atoms with E-state index in [0.717, 1.165) is 44.0 Å². The minimum absolute atomic E-state index is 0.372. The van der Waals surface area contributed by atoms with Gasteiger partial charge in [-0.1, -0.05) is 36.1 Å². The molecule has 1 aliphatic rings. The molecule has 0 spiro atoms. The molecule has 2 aromatic rings. The number of nitrogens with one attached hydrogen (secondary N) is 2. The maximum atomic E-state index is 12.4. The van der Waals surface area contributed by atoms with Crippen molar-refractivity contribution in [2.24, 2.45) is 5.73 Å². The summed E-state index contributed by atoms with van der Waals surface area (Å²) in [6.45, 7) is 6.01. The number of morpholine rings is 1. The van der Waals surface area contributed by atoms with Gasteiger partial charge >= 0.3 is 0 Å². The Morgan fingerprint density at radius 2 is 1.82 bits per heavy atom. The Labute approximate surface area is 199 Å². The number of hydrogen-bond acceptors (Lipinski definition) is 6. The second kappa shape index (κ2) is 12.7. The zero-order chi connectivity index (χ0) is 24.3. The average Bonchev–Trinajstić information content (AvgIpc) is 2.86. The van der Waals surface area contributed by atoms with Crippen LogP contribution in [0.4, 0.5) is 0 Å². The van der Waals surface area contributed by atoms with Gasteiger partial charge in [0.25, 0.3) is 11.8 Å². The molecule has 3 rings (SSSR count). The van der Waals surface area contributed by atoms with Crippen molar-refractivity contribution >= 4 is 17.9 Å². The zero-order valence-electron chi connectivity index (χ0n) is 19.2. The van der Waals surface area contributed by atoms with E-state index in [2.05, 4.69) is 34.2 Å². The number of nitrogens with zero attached hydrogens (tertiary/aromatic N) is 1. The van der Waals surface area contributed by atoms with E-state index in [1.165, 1.54) is 11.0 Å². The number of carbonyl (C=O) groups is 2. The first-order valence-electron chi connectivity index (χ1n) is 11.1. The van der Waals surface area contributed by atoms with Gasteiger partial charge in [0.2, 0.25) is 0 Å². The summed E-state index contributed by atoms with van der Waals surface area (Å²) in [5.74, 6) is 4.92. The summed E-state index contributed by atoms with van der Waals surface area (Å²) in [4.78, 5) is 26.4. The fourth-order valence-electron chi connectivity index (χ4n) is 3.45. The van der Waals surface area contributed by atoms with Crippen LogP contribution in [0.2, 0.25) is 0 Å². The molecule has 34 heavy (non-hydrogen) atoms. The lowest BCUT2D eigenvalue weighted by Crippen LogP contribution is -2.54. The Kier molecular flexibility index (Phi) is 9.38. The Balaban J connectivity index is 1.52. The Hall–Kier alpha value is -3.48. The fourth-order valence-corrected chi connectivity index (χ4v) is 3.45. The van der Waals surface area contributed by atoms with Crippen LogP contribution in [0.1, 0.15) is 34.0 Å². The number of hydrogen-bond donors (Lipinski definition) is 4. The van der Waals surface area contributed by atoms with Gasteiger partial charge in [-0.05, 0) is 54.5 Å². The van der Waals surface area contributed by atoms with Gasteiger partial charge < -0.3 is 15.8 Å². The van der Waals surface area contributed by atoms with E-state index in [-0.39, 0.29) is 0 Å². The normalized spacial score (nSPS) is 15.7. The first-order valence-corrected chi connectivity index (χ1v) is 11.1. The molecule has 0 bridgehead atoms. The maximum absolute atomic E-state index is 12.4. The number of ether oxygens (including phenoxy) is 1. The van der Waals surface area contributed by atoms with Crippen LogP contribution >= 0.6 is 0 Å². The molecule has 0 saturated carbocycles. The quantitative estimate of drug-likeness (QED) is 0.282. The molecule has 0 aliphatic carbocycles. The summed E-state index contributed by atoms with van der Waals surface area (Å²) in [5.41, 5.74) is 10.7. The highest BCUT2D eigenvalue weighted by Crippen LogP contribution is 2.09. The van der Waals surface area contributed by atoms with Crippen molar-refractivity contribution < 1.29 is 19.5 Å². The van der Waals surface area contributed by atoms with Gasteiger partial charge in [-0.25, -0.2) is 5.48 Å². The van der Waals surface area contributed by atoms with Crippen molar-refractivity contribution in [1.82, 2.24) is 15.7 Å². The third kappa shape index (κ3) is 7.54. The molecule has 1 saturated heterocycles. The van der Waals surface area contributed by atoms with E-state index < -0.39 is 23.9 Å². The van der Waals surface area contributed by atoms with Gasteiger partial charge in [-0.15, -0.1) is 0 Å². The number of allylic oxidation sites excluding steroid dienone is 1. The van der Waals surface area contributed by atoms with Crippen molar-refractivity contribution in [3.05, 3.63) is 76.9 Å². The maximum Gasteiger partial charge on any atom is 0.267 e. The smallest absolute Gasteiger partial charge is 0.267 e. The predicted molar refractivity (Wildman–Crippen MR) is 130 cm³/mol. The molecular weight excluding hydrogens is 432 g/mol. The standard InChI is InChI=1S/C26H30N4O4/c1-19(27)24(26(32)29-33)28-25(31)23-12-10-21(11-13-23)5-3-2-4-20-6-8-22(9-7-20)18-30-14-16-34-17-15-30/h3,5-13,19,24,33H,14-18,27H2,1H3,(H,28,31)(H,29,32)/t19-,24+/m1/s1. The SMILES string of the molecule is C[C@@H](N)[C@H](NC(=O)c1ccc(C=CC#Cc2ccc(CN3CCOCC3)cc2)cc1)C(=O)NO. The van der Waals surface area contributed by atoms with Gasteiger partial charge in [0.1, 0.15) is 6.04 Å². The summed E-state index contributed by atoms with van der Waals surface area (Å²) in [6, 6.07) is 13.4. The molecule has 1 fully saturated rings. The van der Waals surface area contributed by atoms with E-state index in [4.69, 9.17) is 15.7 Å². The van der Waals surface area contributed by atoms with Crippen molar-refractivity contribution in [2.75, 3.05) is 26.3 Å². The van der Waals surface area contributed by atoms with E-state index in [9.17, 15) is 9.59 Å². The number of benzene rings is 2. The molecule has 8 heteroatoms. The number of amides is 2. The lowest BCUT2D eigenvalue weighted by atomic mass is 10.1. The van der Waals surface area contributed by atoms with Gasteiger partial charge in [-0.3, -0.25) is 19.7 Å². The molecule has 8 nitrogen and oxygen atoms in total. The molecule has 1 aliphatic heterocycles. The van der Waals surface area contributed by atoms with Gasteiger partial charge in [0, 0.05) is 36.8 Å². The van der Waals surface area contributed by atoms with Crippen LogP contribution in [-0.4, -0.2) is 60.3 Å². The van der Waals surface area contributed by atoms with Crippen molar-refractivity contribution in [3.8, 4) is 11.8 Å². The highest BCUT2D eigenvalue weighted by atomic mass is 16.5. The largest absolute Gasteiger partial charge is 0.379 e. The molecule has 2 aromatic carbocycles. The summed E-state index contributed by atoms with van der Waals surface area (Å²) < 4.78 is 5.38. The van der Waals surface area contributed by atoms with Crippen LogP contribution in [0.3, 0.4) is 0 Å². The molecule has 2 amide bonds. The number of rotatable bonds is 7. The van der Waals surface area contributed by atoms with Crippen LogP contribution in [0.15, 0.2) is 54.6 Å². The topological polar surface area (TPSA) is 117 Å². The number of hydroxylamine groups is 1. The third-order valence-corrected chi connectivity index (χ3v) is 5.42. The molecule has 2 atom stereocenters. The molecular formula is C26H30N4O4. The fraction of sp³-hybridized carbons (Fsp3) is 0.308. The first kappa shape index (κ1) is 25.1. The van der Waals surface area contributed by atoms with E-state index in [1.807, 2.05) is 18.2 Å². The van der Waals surface area contributed by atoms with Gasteiger partial charge in [-0.2, -0.15) is 0 Å². The van der Waals surface area contributed by atoms with Crippen molar-refractivity contribution in [1.29, 1.82) is 0 Å². The van der Waals surface area contributed by atoms with Crippen LogP contribution in [0.25, 0.3) is 6.08 Å². The summed E-state index contributed by atoms with van der Waals surface area (Å²) >= 11 is 0. The highest BCUT2D eigenvalue weighted by Gasteiger charge is 2.24. The van der Waals surface area contributed by atoms with Gasteiger partial charge in [0.15, 0.2) is 0 Å². The van der Waals surface area contributed by atoms with Gasteiger partial charge in [0.05, 0.1) is 13.2 Å². The van der Waals surface area contributed by atoms with E-state index >= 15 is 0 Å². The van der Waals surface area contributed by atoms with E-state index in [0.29, 0.717) is 5.56 Å². The summed E-state index contributed by atoms with van der Waals surface area (Å²) in [7, 11) is 0. The summed E-state index contributed by atoms with van der Waals surface area (Å²) in [5, 5.41) is 11.3. The lowest BCUT2D eigenvalue weighted by Gasteiger charge is -2.26. The van der Waals surface area contributed by atoms with E-state index in [1.54, 1.807) is 37.3 Å². The summed E-state index contributed by atoms with van der Waals surface area (Å²) in [6.07, 6.45) is 3.61. The number of nitrogens with two attached hydrogens (primary N) is 1. The molecule has 0 unspecified atom stereocenters. The minimum atomic E-state index is -1.04. The molecule has 178 valence electrons. The first-order chi connectivity index (χ1) is 16.5. The molecule has 0 radical (unpaired) electrons. The predicted octanol–water partition coefficient (Wildman–Crippen LogP) is 1.53. The zero-order valence-corrected chi connectivity index (χ0v) is 19.2. The van der Waals surface area contributed by atoms with Crippen molar-refractivity contribution in [3.63, 3.8) is 0 Å². The molecule has 1 heterocycles. The van der Waals surface area contributed by atoms with Crippen molar-refractivity contribution in [2.45, 2.75) is 25.6 Å². The number of carbonyl (C=O) groups excluding carboxylic acids is 2. The minimum Gasteiger partial charge on any atom is -0.379 e. The lowest BCUT2D eigenvalue weighted by molar-refractivity contribution is -0.131. The third-order valence-electron chi connectivity index (χ3n) is 5.42. The van der Waals surface area contributed by atoms with Crippen LogP contribution in [-0.2, 0) is 16.1 Å². The van der Waals surface area contributed by atoms with Crippen LogP contribution < -0.4 is 16.5 Å². The van der Waals surface area contributed by atoms with Crippen LogP contribution in [0, 0.1) is 11.8 Å². The Bertz CT molecular complexity index is 1050. The second-order valence-electron chi connectivity index (χ2n) is 8.10. The molecule has 5 N–H and O–H groups in total. The second-order valence-corrected chi connectivity index (χ2v) is 8.10. The monoisotopic (exact) mass is 462 g/mol. The Morgan fingerprint density at radius 1 is 1.15 bits per heavy atom.